The van der Waals surface area contributed by atoms with Crippen LogP contribution in [0.15, 0.2) is 30.3 Å². The van der Waals surface area contributed by atoms with Gasteiger partial charge in [0.15, 0.2) is 0 Å². The molecule has 0 atom stereocenters. The van der Waals surface area contributed by atoms with Crippen LogP contribution in [-0.4, -0.2) is 31.4 Å². The second-order valence-electron chi connectivity index (χ2n) is 4.70. The Bertz CT molecular complexity index is 440. The fraction of sp³-hybridized carbons (Fsp3) is 0.500. The maximum Gasteiger partial charge on any atom is 0.212 e. The normalized spacial score (nSPS) is 12.6. The Morgan fingerprint density at radius 3 is 2.35 bits per heavy atom. The van der Waals surface area contributed by atoms with Gasteiger partial charge in [-0.15, -0.1) is 0 Å². The highest BCUT2D eigenvalue weighted by Crippen LogP contribution is 2.06. The van der Waals surface area contributed by atoms with Crippen molar-refractivity contribution in [2.45, 2.75) is 25.8 Å². The van der Waals surface area contributed by atoms with Crippen LogP contribution in [0, 0.1) is 0 Å². The molecular formula is C12H19NO3S. The number of aryl methyl sites for hydroxylation is 1. The highest BCUT2D eigenvalue weighted by molar-refractivity contribution is 7.89. The van der Waals surface area contributed by atoms with Crippen LogP contribution in [-0.2, 0) is 16.4 Å². The van der Waals surface area contributed by atoms with Gasteiger partial charge in [0.2, 0.25) is 10.0 Å². The largest absolute Gasteiger partial charge is 0.394 e. The minimum atomic E-state index is -3.36. The van der Waals surface area contributed by atoms with Crippen molar-refractivity contribution in [1.82, 2.24) is 4.72 Å². The molecule has 1 aromatic rings. The summed E-state index contributed by atoms with van der Waals surface area (Å²) in [5, 5.41) is 9.02. The van der Waals surface area contributed by atoms with Crippen molar-refractivity contribution in [3.05, 3.63) is 35.9 Å². The van der Waals surface area contributed by atoms with Crippen LogP contribution in [0.2, 0.25) is 0 Å². The van der Waals surface area contributed by atoms with Gasteiger partial charge in [0.1, 0.15) is 0 Å². The summed E-state index contributed by atoms with van der Waals surface area (Å²) >= 11 is 0. The summed E-state index contributed by atoms with van der Waals surface area (Å²) in [6, 6.07) is 9.45. The number of nitrogens with one attached hydrogen (secondary N) is 1. The molecule has 96 valence electrons. The lowest BCUT2D eigenvalue weighted by atomic mass is 10.1. The summed E-state index contributed by atoms with van der Waals surface area (Å²) in [4.78, 5) is 0. The molecule has 0 unspecified atom stereocenters. The Labute approximate surface area is 103 Å². The van der Waals surface area contributed by atoms with E-state index < -0.39 is 15.6 Å². The molecule has 17 heavy (non-hydrogen) atoms. The zero-order valence-corrected chi connectivity index (χ0v) is 11.0. The van der Waals surface area contributed by atoms with Crippen molar-refractivity contribution in [2.24, 2.45) is 0 Å². The van der Waals surface area contributed by atoms with Gasteiger partial charge in [-0.3, -0.25) is 0 Å². The fourth-order valence-corrected chi connectivity index (χ4v) is 2.91. The van der Waals surface area contributed by atoms with Gasteiger partial charge in [-0.25, -0.2) is 13.1 Å². The molecule has 0 amide bonds. The number of benzene rings is 1. The van der Waals surface area contributed by atoms with E-state index in [1.807, 2.05) is 30.3 Å². The van der Waals surface area contributed by atoms with Gasteiger partial charge in [0.05, 0.1) is 17.9 Å². The molecule has 0 radical (unpaired) electrons. The summed E-state index contributed by atoms with van der Waals surface area (Å²) in [6.45, 7) is 3.07. The average molecular weight is 257 g/mol. The minimum Gasteiger partial charge on any atom is -0.394 e. The third kappa shape index (κ3) is 5.30. The Balaban J connectivity index is 2.57. The quantitative estimate of drug-likeness (QED) is 0.796. The van der Waals surface area contributed by atoms with Crippen molar-refractivity contribution >= 4 is 10.0 Å². The van der Waals surface area contributed by atoms with E-state index in [0.717, 1.165) is 5.56 Å². The third-order valence-electron chi connectivity index (χ3n) is 2.33. The molecule has 0 saturated heterocycles. The number of hydrogen-bond donors (Lipinski definition) is 2. The summed E-state index contributed by atoms with van der Waals surface area (Å²) in [7, 11) is -3.36. The predicted octanol–water partition coefficient (Wildman–Crippen LogP) is 0.919. The van der Waals surface area contributed by atoms with Crippen molar-refractivity contribution in [3.63, 3.8) is 0 Å². The molecule has 1 aromatic carbocycles. The molecule has 0 spiro atoms. The maximum atomic E-state index is 11.8. The number of sulfonamides is 1. The number of hydrogen-bond acceptors (Lipinski definition) is 3. The molecule has 0 aliphatic heterocycles. The predicted molar refractivity (Wildman–Crippen MR) is 68.2 cm³/mol. The second-order valence-corrected chi connectivity index (χ2v) is 6.54. The first-order valence-corrected chi connectivity index (χ1v) is 7.16. The Kier molecular flexibility index (Phi) is 4.68. The van der Waals surface area contributed by atoms with E-state index >= 15 is 0 Å². The molecule has 2 N–H and O–H groups in total. The van der Waals surface area contributed by atoms with Crippen LogP contribution in [0.3, 0.4) is 0 Å². The van der Waals surface area contributed by atoms with Gasteiger partial charge in [-0.05, 0) is 25.8 Å². The van der Waals surface area contributed by atoms with Gasteiger partial charge >= 0.3 is 0 Å². The van der Waals surface area contributed by atoms with Crippen LogP contribution < -0.4 is 4.72 Å². The van der Waals surface area contributed by atoms with Gasteiger partial charge in [-0.1, -0.05) is 30.3 Å². The second kappa shape index (κ2) is 5.62. The molecule has 0 saturated carbocycles. The summed E-state index contributed by atoms with van der Waals surface area (Å²) in [6.07, 6.45) is 0.470. The molecule has 4 nitrogen and oxygen atoms in total. The SMILES string of the molecule is CC(C)(CO)NS(=O)(=O)CCc1ccccc1. The van der Waals surface area contributed by atoms with E-state index in [1.165, 1.54) is 0 Å². The molecule has 0 aliphatic rings. The Hall–Kier alpha value is -0.910. The van der Waals surface area contributed by atoms with Crippen LogP contribution in [0.1, 0.15) is 19.4 Å². The first kappa shape index (κ1) is 14.2. The molecule has 1 rings (SSSR count). The summed E-state index contributed by atoms with van der Waals surface area (Å²) in [5.74, 6) is 0.0282. The smallest absolute Gasteiger partial charge is 0.212 e. The van der Waals surface area contributed by atoms with Gasteiger partial charge in [0, 0.05) is 0 Å². The maximum absolute atomic E-state index is 11.8. The van der Waals surface area contributed by atoms with Crippen molar-refractivity contribution < 1.29 is 13.5 Å². The van der Waals surface area contributed by atoms with Crippen LogP contribution in [0.5, 0.6) is 0 Å². The number of aliphatic hydroxyl groups excluding tert-OH is 1. The zero-order valence-electron chi connectivity index (χ0n) is 10.2. The van der Waals surface area contributed by atoms with Gasteiger partial charge < -0.3 is 5.11 Å². The Morgan fingerprint density at radius 1 is 1.24 bits per heavy atom. The zero-order chi connectivity index (χ0) is 12.9. The highest BCUT2D eigenvalue weighted by atomic mass is 32.2. The highest BCUT2D eigenvalue weighted by Gasteiger charge is 2.23. The lowest BCUT2D eigenvalue weighted by molar-refractivity contribution is 0.208. The third-order valence-corrected chi connectivity index (χ3v) is 3.93. The fourth-order valence-electron chi connectivity index (χ4n) is 1.40. The number of aliphatic hydroxyl groups is 1. The van der Waals surface area contributed by atoms with E-state index in [9.17, 15) is 8.42 Å². The van der Waals surface area contributed by atoms with Crippen molar-refractivity contribution in [1.29, 1.82) is 0 Å². The van der Waals surface area contributed by atoms with Crippen LogP contribution in [0.25, 0.3) is 0 Å². The minimum absolute atomic E-state index is 0.0282. The summed E-state index contributed by atoms with van der Waals surface area (Å²) < 4.78 is 26.0. The van der Waals surface area contributed by atoms with Crippen molar-refractivity contribution in [3.8, 4) is 0 Å². The average Bonchev–Trinajstić information content (AvgIpc) is 2.27. The molecule has 0 bridgehead atoms. The molecule has 0 aromatic heterocycles. The molecular weight excluding hydrogens is 238 g/mol. The summed E-state index contributed by atoms with van der Waals surface area (Å²) in [5.41, 5.74) is 0.176. The topological polar surface area (TPSA) is 66.4 Å². The molecule has 0 aliphatic carbocycles. The standard InChI is InChI=1S/C12H19NO3S/c1-12(2,10-14)13-17(15,16)9-8-11-6-4-3-5-7-11/h3-7,13-14H,8-10H2,1-2H3. The first-order valence-electron chi connectivity index (χ1n) is 5.51. The number of rotatable bonds is 6. The first-order chi connectivity index (χ1) is 7.85. The Morgan fingerprint density at radius 2 is 1.82 bits per heavy atom. The molecule has 5 heteroatoms. The monoisotopic (exact) mass is 257 g/mol. The lowest BCUT2D eigenvalue weighted by Crippen LogP contribution is -2.47. The molecule has 0 fully saturated rings. The van der Waals surface area contributed by atoms with E-state index in [0.29, 0.717) is 6.42 Å². The van der Waals surface area contributed by atoms with Crippen LogP contribution in [0.4, 0.5) is 0 Å². The molecule has 0 heterocycles. The van der Waals surface area contributed by atoms with E-state index in [1.54, 1.807) is 13.8 Å². The van der Waals surface area contributed by atoms with E-state index in [2.05, 4.69) is 4.72 Å². The van der Waals surface area contributed by atoms with Crippen LogP contribution >= 0.6 is 0 Å². The van der Waals surface area contributed by atoms with Crippen molar-refractivity contribution in [2.75, 3.05) is 12.4 Å². The van der Waals surface area contributed by atoms with Gasteiger partial charge in [0.25, 0.3) is 0 Å². The van der Waals surface area contributed by atoms with E-state index in [4.69, 9.17) is 5.11 Å². The lowest BCUT2D eigenvalue weighted by Gasteiger charge is -2.23. The van der Waals surface area contributed by atoms with E-state index in [-0.39, 0.29) is 12.4 Å². The van der Waals surface area contributed by atoms with Gasteiger partial charge in [-0.2, -0.15) is 0 Å².